The molecule has 6 heteroatoms. The summed E-state index contributed by atoms with van der Waals surface area (Å²) >= 11 is 0. The molecule has 0 radical (unpaired) electrons. The molecule has 0 aromatic heterocycles. The zero-order valence-corrected chi connectivity index (χ0v) is 13.8. The Morgan fingerprint density at radius 3 is 2.48 bits per heavy atom. The lowest BCUT2D eigenvalue weighted by molar-refractivity contribution is -0.129. The average Bonchev–Trinajstić information content (AvgIpc) is 2.53. The van der Waals surface area contributed by atoms with Gasteiger partial charge in [0.25, 0.3) is 11.8 Å². The highest BCUT2D eigenvalue weighted by Gasteiger charge is 2.32. The molecule has 0 unspecified atom stereocenters. The van der Waals surface area contributed by atoms with Gasteiger partial charge in [-0.2, -0.15) is 0 Å². The van der Waals surface area contributed by atoms with E-state index in [1.807, 2.05) is 12.2 Å². The first kappa shape index (κ1) is 18.6. The maximum absolute atomic E-state index is 12.1. The monoisotopic (exact) mass is 317 g/mol. The van der Waals surface area contributed by atoms with Crippen molar-refractivity contribution in [2.24, 2.45) is 0 Å². The lowest BCUT2D eigenvalue weighted by Crippen LogP contribution is -2.52. The summed E-state index contributed by atoms with van der Waals surface area (Å²) in [6.45, 7) is 10.4. The SMILES string of the molecule is C=CC=C(C=CCN(CC)CC)C=C1C(=O)NC(=O)N(C)C1=O. The molecule has 0 aromatic rings. The zero-order valence-electron chi connectivity index (χ0n) is 13.8. The molecule has 1 saturated heterocycles. The van der Waals surface area contributed by atoms with Crippen LogP contribution in [0, 0.1) is 0 Å². The minimum atomic E-state index is -0.719. The van der Waals surface area contributed by atoms with Crippen LogP contribution >= 0.6 is 0 Å². The summed E-state index contributed by atoms with van der Waals surface area (Å²) in [6.07, 6.45) is 8.52. The van der Waals surface area contributed by atoms with Crippen molar-refractivity contribution in [1.82, 2.24) is 15.1 Å². The summed E-state index contributed by atoms with van der Waals surface area (Å²) in [4.78, 5) is 38.4. The summed E-state index contributed by atoms with van der Waals surface area (Å²) < 4.78 is 0. The number of barbiturate groups is 1. The van der Waals surface area contributed by atoms with E-state index >= 15 is 0 Å². The fraction of sp³-hybridized carbons (Fsp3) is 0.353. The highest BCUT2D eigenvalue weighted by atomic mass is 16.2. The van der Waals surface area contributed by atoms with Gasteiger partial charge in [0.05, 0.1) is 0 Å². The molecule has 0 bridgehead atoms. The van der Waals surface area contributed by atoms with Crippen LogP contribution in [-0.4, -0.2) is 54.3 Å². The van der Waals surface area contributed by atoms with Crippen molar-refractivity contribution in [3.8, 4) is 0 Å². The second-order valence-corrected chi connectivity index (χ2v) is 4.97. The number of hydrogen-bond donors (Lipinski definition) is 1. The van der Waals surface area contributed by atoms with E-state index in [1.54, 1.807) is 12.2 Å². The average molecular weight is 317 g/mol. The number of allylic oxidation sites excluding steroid dienone is 5. The van der Waals surface area contributed by atoms with Crippen molar-refractivity contribution in [2.75, 3.05) is 26.7 Å². The number of urea groups is 1. The van der Waals surface area contributed by atoms with Gasteiger partial charge >= 0.3 is 6.03 Å². The van der Waals surface area contributed by atoms with E-state index in [-0.39, 0.29) is 5.57 Å². The smallest absolute Gasteiger partial charge is 0.300 e. The van der Waals surface area contributed by atoms with Crippen molar-refractivity contribution in [2.45, 2.75) is 13.8 Å². The number of nitrogens with zero attached hydrogens (tertiary/aromatic N) is 2. The number of hydrogen-bond acceptors (Lipinski definition) is 4. The normalized spacial score (nSPS) is 18.3. The number of amides is 4. The third-order valence-corrected chi connectivity index (χ3v) is 3.49. The van der Waals surface area contributed by atoms with Gasteiger partial charge in [-0.15, -0.1) is 0 Å². The molecule has 1 aliphatic heterocycles. The van der Waals surface area contributed by atoms with Gasteiger partial charge in [-0.05, 0) is 24.7 Å². The fourth-order valence-electron chi connectivity index (χ4n) is 2.02. The van der Waals surface area contributed by atoms with Crippen molar-refractivity contribution in [1.29, 1.82) is 0 Å². The quantitative estimate of drug-likeness (QED) is 0.440. The lowest BCUT2D eigenvalue weighted by Gasteiger charge is -2.22. The Morgan fingerprint density at radius 2 is 1.91 bits per heavy atom. The van der Waals surface area contributed by atoms with Crippen molar-refractivity contribution in [3.05, 3.63) is 48.1 Å². The summed E-state index contributed by atoms with van der Waals surface area (Å²) in [6, 6.07) is -0.719. The molecule has 0 spiro atoms. The van der Waals surface area contributed by atoms with Crippen LogP contribution < -0.4 is 5.32 Å². The molecule has 0 aromatic carbocycles. The molecule has 23 heavy (non-hydrogen) atoms. The van der Waals surface area contributed by atoms with Gasteiger partial charge in [0.2, 0.25) is 0 Å². The second kappa shape index (κ2) is 8.85. The van der Waals surface area contributed by atoms with Crippen LogP contribution in [0.1, 0.15) is 13.8 Å². The Bertz CT molecular complexity index is 584. The van der Waals surface area contributed by atoms with Gasteiger partial charge in [-0.3, -0.25) is 19.8 Å². The largest absolute Gasteiger partial charge is 0.331 e. The maximum Gasteiger partial charge on any atom is 0.331 e. The van der Waals surface area contributed by atoms with E-state index in [2.05, 4.69) is 30.6 Å². The summed E-state index contributed by atoms with van der Waals surface area (Å²) in [7, 11) is 1.32. The van der Waals surface area contributed by atoms with Crippen molar-refractivity contribution < 1.29 is 14.4 Å². The Hall–Kier alpha value is -2.47. The number of nitrogens with one attached hydrogen (secondary N) is 1. The predicted molar refractivity (Wildman–Crippen MR) is 89.6 cm³/mol. The molecule has 124 valence electrons. The fourth-order valence-corrected chi connectivity index (χ4v) is 2.02. The standard InChI is InChI=1S/C17H23N3O3/c1-5-9-13(10-8-11-20(6-2)7-3)12-14-15(21)18-17(23)19(4)16(14)22/h5,8-10,12H,1,6-7,11H2,2-4H3,(H,18,21,23). The van der Waals surface area contributed by atoms with E-state index in [4.69, 9.17) is 0 Å². The molecule has 1 rings (SSSR count). The molecule has 1 heterocycles. The summed E-state index contributed by atoms with van der Waals surface area (Å²) in [5.41, 5.74) is 0.584. The van der Waals surface area contributed by atoms with E-state index in [9.17, 15) is 14.4 Å². The van der Waals surface area contributed by atoms with E-state index in [0.29, 0.717) is 5.57 Å². The predicted octanol–water partition coefficient (Wildman–Crippen LogP) is 1.63. The molecule has 1 aliphatic rings. The molecule has 4 amide bonds. The lowest BCUT2D eigenvalue weighted by atomic mass is 10.1. The molecule has 1 N–H and O–H groups in total. The molecule has 6 nitrogen and oxygen atoms in total. The van der Waals surface area contributed by atoms with Crippen LogP contribution in [0.4, 0.5) is 4.79 Å². The van der Waals surface area contributed by atoms with Crippen LogP contribution in [0.25, 0.3) is 0 Å². The highest BCUT2D eigenvalue weighted by Crippen LogP contribution is 2.12. The van der Waals surface area contributed by atoms with Gasteiger partial charge in [-0.25, -0.2) is 4.79 Å². The van der Waals surface area contributed by atoms with Gasteiger partial charge in [0.15, 0.2) is 0 Å². The molecule has 0 atom stereocenters. The van der Waals surface area contributed by atoms with Crippen LogP contribution in [0.3, 0.4) is 0 Å². The van der Waals surface area contributed by atoms with Crippen LogP contribution in [0.15, 0.2) is 48.1 Å². The van der Waals surface area contributed by atoms with Crippen LogP contribution in [0.2, 0.25) is 0 Å². The number of carbonyl (C=O) groups excluding carboxylic acids is 3. The molecule has 0 aliphatic carbocycles. The first-order valence-electron chi connectivity index (χ1n) is 7.51. The minimum absolute atomic E-state index is 0.0762. The van der Waals surface area contributed by atoms with Crippen molar-refractivity contribution >= 4 is 17.8 Å². The van der Waals surface area contributed by atoms with Gasteiger partial charge in [-0.1, -0.05) is 44.7 Å². The number of imide groups is 2. The first-order valence-corrected chi connectivity index (χ1v) is 7.51. The maximum atomic E-state index is 12.1. The van der Waals surface area contributed by atoms with Crippen molar-refractivity contribution in [3.63, 3.8) is 0 Å². The Kier molecular flexibility index (Phi) is 7.15. The Labute approximate surface area is 136 Å². The topological polar surface area (TPSA) is 69.7 Å². The number of rotatable bonds is 7. The number of carbonyl (C=O) groups is 3. The summed E-state index contributed by atoms with van der Waals surface area (Å²) in [5, 5.41) is 2.12. The third-order valence-electron chi connectivity index (χ3n) is 3.49. The van der Waals surface area contributed by atoms with E-state index in [1.165, 1.54) is 13.1 Å². The Balaban J connectivity index is 2.98. The molecule has 1 fully saturated rings. The zero-order chi connectivity index (χ0) is 17.4. The second-order valence-electron chi connectivity index (χ2n) is 4.97. The third kappa shape index (κ3) is 5.03. The first-order chi connectivity index (χ1) is 10.9. The molecular weight excluding hydrogens is 294 g/mol. The molecular formula is C17H23N3O3. The van der Waals surface area contributed by atoms with Crippen LogP contribution in [0.5, 0.6) is 0 Å². The van der Waals surface area contributed by atoms with E-state index in [0.717, 1.165) is 24.5 Å². The minimum Gasteiger partial charge on any atom is -0.300 e. The van der Waals surface area contributed by atoms with Gasteiger partial charge < -0.3 is 4.90 Å². The van der Waals surface area contributed by atoms with E-state index < -0.39 is 17.8 Å². The van der Waals surface area contributed by atoms with Gasteiger partial charge in [0.1, 0.15) is 5.57 Å². The summed E-state index contributed by atoms with van der Waals surface area (Å²) in [5.74, 6) is -1.31. The van der Waals surface area contributed by atoms with Gasteiger partial charge in [0, 0.05) is 13.6 Å². The molecule has 0 saturated carbocycles. The Morgan fingerprint density at radius 1 is 1.26 bits per heavy atom. The highest BCUT2D eigenvalue weighted by molar-refractivity contribution is 6.28. The van der Waals surface area contributed by atoms with Crippen LogP contribution in [-0.2, 0) is 9.59 Å². The number of likely N-dealkylation sites (N-methyl/N-ethyl adjacent to an activating group) is 2.